The molecule has 0 saturated heterocycles. The van der Waals surface area contributed by atoms with Gasteiger partial charge in [0.2, 0.25) is 5.91 Å². The van der Waals surface area contributed by atoms with Crippen LogP contribution in [0.15, 0.2) is 24.3 Å². The molecule has 2 aromatic rings. The normalized spacial score (nSPS) is 19.5. The number of hydrogen-bond donors (Lipinski definition) is 2. The first kappa shape index (κ1) is 26.5. The summed E-state index contributed by atoms with van der Waals surface area (Å²) in [6.07, 6.45) is 4.84. The number of carbonyl (C=O) groups excluding carboxylic acids is 3. The molecule has 1 fully saturated rings. The fourth-order valence-electron chi connectivity index (χ4n) is 5.11. The van der Waals surface area contributed by atoms with Gasteiger partial charge in [0.05, 0.1) is 20.3 Å². The molecule has 37 heavy (non-hydrogen) atoms. The Morgan fingerprint density at radius 3 is 2.59 bits per heavy atom. The molecule has 2 N–H and O–H groups in total. The van der Waals surface area contributed by atoms with E-state index in [0.717, 1.165) is 31.2 Å². The van der Waals surface area contributed by atoms with Crippen LogP contribution in [-0.2, 0) is 17.9 Å². The molecule has 10 heteroatoms. The van der Waals surface area contributed by atoms with Crippen molar-refractivity contribution in [1.29, 1.82) is 0 Å². The van der Waals surface area contributed by atoms with Crippen molar-refractivity contribution in [3.8, 4) is 11.5 Å². The third kappa shape index (κ3) is 5.42. The molecule has 4 rings (SSSR count). The number of rotatable bonds is 10. The number of carbonyl (C=O) groups is 3. The van der Waals surface area contributed by atoms with Gasteiger partial charge in [-0.05, 0) is 50.8 Å². The number of nitrogens with one attached hydrogen (secondary N) is 2. The molecule has 200 valence electrons. The molecule has 1 aliphatic heterocycles. The Bertz CT molecular complexity index is 1160. The number of nitrogens with zero attached hydrogens (tertiary/aromatic N) is 3. The zero-order chi connectivity index (χ0) is 26.6. The molecule has 0 radical (unpaired) electrons. The average Bonchev–Trinajstić information content (AvgIpc) is 3.56. The van der Waals surface area contributed by atoms with Crippen LogP contribution in [0.5, 0.6) is 11.5 Å². The summed E-state index contributed by atoms with van der Waals surface area (Å²) in [6.45, 7) is 7.07. The lowest BCUT2D eigenvalue weighted by atomic mass is 9.94. The van der Waals surface area contributed by atoms with Crippen LogP contribution in [0.25, 0.3) is 0 Å². The predicted molar refractivity (Wildman–Crippen MR) is 138 cm³/mol. The summed E-state index contributed by atoms with van der Waals surface area (Å²) in [6, 6.07) is 7.12. The Hall–Kier alpha value is -3.56. The number of hydrogen-bond acceptors (Lipinski definition) is 6. The molecule has 1 atom stereocenters. The van der Waals surface area contributed by atoms with Gasteiger partial charge in [-0.25, -0.2) is 0 Å². The zero-order valence-corrected chi connectivity index (χ0v) is 22.1. The lowest BCUT2D eigenvalue weighted by molar-refractivity contribution is -0.133. The summed E-state index contributed by atoms with van der Waals surface area (Å²) >= 11 is 0. The van der Waals surface area contributed by atoms with Crippen molar-refractivity contribution in [3.05, 3.63) is 41.2 Å². The topological polar surface area (TPSA) is 115 Å². The van der Waals surface area contributed by atoms with Crippen LogP contribution in [0.4, 0.5) is 0 Å². The molecule has 1 aromatic heterocycles. The van der Waals surface area contributed by atoms with Crippen molar-refractivity contribution in [3.63, 3.8) is 0 Å². The van der Waals surface area contributed by atoms with Gasteiger partial charge in [-0.2, -0.15) is 5.10 Å². The van der Waals surface area contributed by atoms with Gasteiger partial charge in [-0.3, -0.25) is 19.1 Å². The third-order valence-corrected chi connectivity index (χ3v) is 7.14. The van der Waals surface area contributed by atoms with Gasteiger partial charge in [0.25, 0.3) is 11.8 Å². The number of methoxy groups -OCH3 is 1. The molecule has 3 amide bonds. The number of amides is 3. The van der Waals surface area contributed by atoms with Gasteiger partial charge in [0, 0.05) is 25.2 Å². The maximum Gasteiger partial charge on any atom is 0.273 e. The van der Waals surface area contributed by atoms with Crippen molar-refractivity contribution in [1.82, 2.24) is 25.3 Å². The van der Waals surface area contributed by atoms with Crippen molar-refractivity contribution >= 4 is 17.7 Å². The summed E-state index contributed by atoms with van der Waals surface area (Å²) in [5.41, 5.74) is 0.200. The minimum atomic E-state index is -1.08. The Kier molecular flexibility index (Phi) is 8.04. The number of benzene rings is 1. The minimum Gasteiger partial charge on any atom is -0.493 e. The van der Waals surface area contributed by atoms with E-state index in [1.807, 2.05) is 26.0 Å². The molecule has 10 nitrogen and oxygen atoms in total. The summed E-state index contributed by atoms with van der Waals surface area (Å²) in [4.78, 5) is 41.4. The largest absolute Gasteiger partial charge is 0.493 e. The van der Waals surface area contributed by atoms with Gasteiger partial charge >= 0.3 is 0 Å². The van der Waals surface area contributed by atoms with Crippen LogP contribution in [0, 0.1) is 0 Å². The highest BCUT2D eigenvalue weighted by atomic mass is 16.5. The van der Waals surface area contributed by atoms with Crippen LogP contribution in [-0.4, -0.2) is 64.2 Å². The molecule has 2 heterocycles. The van der Waals surface area contributed by atoms with Gasteiger partial charge in [0.15, 0.2) is 17.2 Å². The highest BCUT2D eigenvalue weighted by molar-refractivity contribution is 6.02. The number of aromatic nitrogens is 2. The fourth-order valence-corrected chi connectivity index (χ4v) is 5.11. The first-order valence-corrected chi connectivity index (χ1v) is 13.1. The molecule has 0 bridgehead atoms. The van der Waals surface area contributed by atoms with Crippen LogP contribution < -0.4 is 20.1 Å². The smallest absolute Gasteiger partial charge is 0.273 e. The fraction of sp³-hybridized carbons (Fsp3) is 0.556. The molecule has 0 spiro atoms. The van der Waals surface area contributed by atoms with E-state index in [1.165, 1.54) is 10.7 Å². The van der Waals surface area contributed by atoms with Gasteiger partial charge in [-0.15, -0.1) is 0 Å². The Morgan fingerprint density at radius 1 is 1.16 bits per heavy atom. The maximum atomic E-state index is 13.5. The van der Waals surface area contributed by atoms with E-state index in [4.69, 9.17) is 9.47 Å². The molecular weight excluding hydrogens is 474 g/mol. The third-order valence-electron chi connectivity index (χ3n) is 7.14. The summed E-state index contributed by atoms with van der Waals surface area (Å²) in [5, 5.41) is 10.4. The summed E-state index contributed by atoms with van der Waals surface area (Å²) < 4.78 is 12.4. The second-order valence-corrected chi connectivity index (χ2v) is 9.86. The molecule has 1 aliphatic carbocycles. The number of ether oxygens (including phenoxy) is 2. The second-order valence-electron chi connectivity index (χ2n) is 9.86. The lowest BCUT2D eigenvalue weighted by Gasteiger charge is -2.43. The average molecular weight is 512 g/mol. The van der Waals surface area contributed by atoms with Gasteiger partial charge in [-0.1, -0.05) is 25.8 Å². The molecule has 2 aliphatic rings. The van der Waals surface area contributed by atoms with E-state index in [0.29, 0.717) is 36.8 Å². The quantitative estimate of drug-likeness (QED) is 0.507. The lowest BCUT2D eigenvalue weighted by Crippen LogP contribution is -2.65. The monoisotopic (exact) mass is 511 g/mol. The van der Waals surface area contributed by atoms with E-state index in [9.17, 15) is 14.4 Å². The van der Waals surface area contributed by atoms with E-state index in [1.54, 1.807) is 25.0 Å². The summed E-state index contributed by atoms with van der Waals surface area (Å²) in [5.74, 6) is 0.360. The highest BCUT2D eigenvalue weighted by Gasteiger charge is 2.48. The van der Waals surface area contributed by atoms with E-state index in [2.05, 4.69) is 15.7 Å². The van der Waals surface area contributed by atoms with E-state index < -0.39 is 11.4 Å². The van der Waals surface area contributed by atoms with Crippen molar-refractivity contribution in [2.24, 2.45) is 0 Å². The standard InChI is InChI=1S/C27H37N5O5/c1-5-13-31-25(34)21-15-20(24(33)28-16-18-11-12-22(37-6-2)23(14-18)36-4)30-32(21)17-27(31,3)26(35)29-19-9-7-8-10-19/h11-12,14-15,19H,5-10,13,16-17H2,1-4H3,(H,28,33)(H,29,35)/t27-/m0/s1. The number of fused-ring (bicyclic) bond motifs is 1. The Labute approximate surface area is 217 Å². The highest BCUT2D eigenvalue weighted by Crippen LogP contribution is 2.30. The van der Waals surface area contributed by atoms with Crippen LogP contribution in [0.3, 0.4) is 0 Å². The van der Waals surface area contributed by atoms with Crippen LogP contribution in [0.1, 0.15) is 79.4 Å². The SMILES string of the molecule is CCCN1C(=O)c2cc(C(=O)NCc3ccc(OCC)c(OC)c3)nn2C[C@@]1(C)C(=O)NC1CCCC1. The van der Waals surface area contributed by atoms with E-state index in [-0.39, 0.29) is 36.6 Å². The van der Waals surface area contributed by atoms with Crippen molar-refractivity contribution in [2.75, 3.05) is 20.3 Å². The predicted octanol–water partition coefficient (Wildman–Crippen LogP) is 2.90. The first-order valence-electron chi connectivity index (χ1n) is 13.1. The molecule has 1 aromatic carbocycles. The summed E-state index contributed by atoms with van der Waals surface area (Å²) in [7, 11) is 1.57. The zero-order valence-electron chi connectivity index (χ0n) is 22.1. The maximum absolute atomic E-state index is 13.5. The van der Waals surface area contributed by atoms with Gasteiger partial charge < -0.3 is 25.0 Å². The Balaban J connectivity index is 1.50. The second kappa shape index (κ2) is 11.2. The van der Waals surface area contributed by atoms with E-state index >= 15 is 0 Å². The van der Waals surface area contributed by atoms with Crippen LogP contribution in [0.2, 0.25) is 0 Å². The van der Waals surface area contributed by atoms with Crippen LogP contribution >= 0.6 is 0 Å². The molecule has 1 saturated carbocycles. The first-order chi connectivity index (χ1) is 17.8. The van der Waals surface area contributed by atoms with Crippen molar-refractivity contribution in [2.45, 2.75) is 77.5 Å². The van der Waals surface area contributed by atoms with Crippen molar-refractivity contribution < 1.29 is 23.9 Å². The minimum absolute atomic E-state index is 0.137. The van der Waals surface area contributed by atoms with Gasteiger partial charge in [0.1, 0.15) is 11.2 Å². The Morgan fingerprint density at radius 2 is 1.92 bits per heavy atom. The molecule has 0 unspecified atom stereocenters. The molecular formula is C27H37N5O5.